The van der Waals surface area contributed by atoms with Gasteiger partial charge >= 0.3 is 5.97 Å². The highest BCUT2D eigenvalue weighted by Gasteiger charge is 2.52. The molecule has 1 heterocycles. The summed E-state index contributed by atoms with van der Waals surface area (Å²) in [6.07, 6.45) is 3.86. The minimum atomic E-state index is -0.291. The molecule has 2 atom stereocenters. The maximum atomic E-state index is 12.0. The first kappa shape index (κ1) is 26.5. The molecular formula is C34H41NO3. The molecule has 1 saturated heterocycles. The van der Waals surface area contributed by atoms with Crippen molar-refractivity contribution in [2.45, 2.75) is 83.7 Å². The first-order valence-electron chi connectivity index (χ1n) is 14.1. The molecule has 0 amide bonds. The lowest BCUT2D eigenvalue weighted by Crippen LogP contribution is -2.33. The lowest BCUT2D eigenvalue weighted by molar-refractivity contribution is 0.0526. The summed E-state index contributed by atoms with van der Waals surface area (Å²) < 4.78 is 11.1. The Labute approximate surface area is 227 Å². The van der Waals surface area contributed by atoms with Crippen LogP contribution < -0.4 is 10.1 Å². The Hall–Kier alpha value is -3.11. The van der Waals surface area contributed by atoms with Crippen molar-refractivity contribution < 1.29 is 14.3 Å². The van der Waals surface area contributed by atoms with Crippen LogP contribution >= 0.6 is 0 Å². The SMILES string of the molecule is C1C2NC12.CCOC(=O)c1ccc(-c2ccc(OCC)c(-c3ccc4c(c3)C(C)(C)CCC4(C)C)c2)cc1. The van der Waals surface area contributed by atoms with Gasteiger partial charge in [0.15, 0.2) is 0 Å². The number of ether oxygens (including phenoxy) is 2. The molecule has 4 heteroatoms. The lowest BCUT2D eigenvalue weighted by atomic mass is 9.63. The number of fused-ring (bicyclic) bond motifs is 2. The first-order valence-corrected chi connectivity index (χ1v) is 14.1. The Morgan fingerprint density at radius 2 is 1.37 bits per heavy atom. The summed E-state index contributed by atoms with van der Waals surface area (Å²) in [5, 5.41) is 3.19. The van der Waals surface area contributed by atoms with Gasteiger partial charge in [0.25, 0.3) is 0 Å². The topological polar surface area (TPSA) is 57.5 Å². The Morgan fingerprint density at radius 1 is 0.789 bits per heavy atom. The molecule has 200 valence electrons. The number of rotatable bonds is 6. The highest BCUT2D eigenvalue weighted by molar-refractivity contribution is 5.90. The highest BCUT2D eigenvalue weighted by atomic mass is 16.5. The predicted molar refractivity (Wildman–Crippen MR) is 155 cm³/mol. The molecule has 2 unspecified atom stereocenters. The fourth-order valence-electron chi connectivity index (χ4n) is 5.38. The van der Waals surface area contributed by atoms with E-state index in [1.807, 2.05) is 38.1 Å². The van der Waals surface area contributed by atoms with Crippen LogP contribution in [0.4, 0.5) is 0 Å². The van der Waals surface area contributed by atoms with Crippen LogP contribution in [-0.4, -0.2) is 31.3 Å². The number of benzene rings is 3. The maximum Gasteiger partial charge on any atom is 0.338 e. The molecule has 4 nitrogen and oxygen atoms in total. The van der Waals surface area contributed by atoms with E-state index in [9.17, 15) is 4.79 Å². The molecule has 6 rings (SSSR count). The van der Waals surface area contributed by atoms with Gasteiger partial charge < -0.3 is 14.8 Å². The van der Waals surface area contributed by atoms with Gasteiger partial charge in [-0.05, 0) is 96.0 Å². The van der Waals surface area contributed by atoms with E-state index >= 15 is 0 Å². The maximum absolute atomic E-state index is 12.0. The molecule has 2 fully saturated rings. The van der Waals surface area contributed by atoms with Gasteiger partial charge in [-0.2, -0.15) is 0 Å². The molecule has 1 aliphatic heterocycles. The van der Waals surface area contributed by atoms with Gasteiger partial charge in [0.05, 0.1) is 18.8 Å². The number of hydrogen-bond acceptors (Lipinski definition) is 4. The summed E-state index contributed by atoms with van der Waals surface area (Å²) in [6, 6.07) is 22.9. The molecule has 3 aromatic rings. The Morgan fingerprint density at radius 3 is 1.95 bits per heavy atom. The summed E-state index contributed by atoms with van der Waals surface area (Å²) in [4.78, 5) is 12.0. The van der Waals surface area contributed by atoms with Gasteiger partial charge in [0.2, 0.25) is 0 Å². The fourth-order valence-corrected chi connectivity index (χ4v) is 5.38. The first-order chi connectivity index (χ1) is 18.1. The normalized spacial score (nSPS) is 21.2. The molecule has 0 bridgehead atoms. The molecule has 1 saturated carbocycles. The number of hydrogen-bond donors (Lipinski definition) is 1. The minimum Gasteiger partial charge on any atom is -0.493 e. The third kappa shape index (κ3) is 5.51. The second kappa shape index (κ2) is 10.2. The van der Waals surface area contributed by atoms with Crippen molar-refractivity contribution in [3.8, 4) is 28.0 Å². The second-order valence-electron chi connectivity index (χ2n) is 12.1. The highest BCUT2D eigenvalue weighted by Crippen LogP contribution is 2.47. The molecular weight excluding hydrogens is 470 g/mol. The van der Waals surface area contributed by atoms with Crippen LogP contribution in [-0.2, 0) is 15.6 Å². The standard InChI is InChI=1S/C31H36O3.C3H5N/c1-7-33-28-16-14-23(21-9-11-22(12-10-21)29(32)34-8-2)19-25(28)24-13-15-26-27(20-24)31(5,6)18-17-30(26,3)4;1-2-3(1)4-2/h9-16,19-20H,7-8,17-18H2,1-6H3;2-4H,1H2. The summed E-state index contributed by atoms with van der Waals surface area (Å²) in [5.41, 5.74) is 8.21. The third-order valence-electron chi connectivity index (χ3n) is 8.28. The van der Waals surface area contributed by atoms with E-state index < -0.39 is 0 Å². The summed E-state index contributed by atoms with van der Waals surface area (Å²) >= 11 is 0. The Kier molecular flexibility index (Phi) is 7.13. The molecule has 0 aromatic heterocycles. The van der Waals surface area contributed by atoms with Crippen LogP contribution in [0, 0.1) is 0 Å². The number of carbonyl (C=O) groups is 1. The van der Waals surface area contributed by atoms with Crippen molar-refractivity contribution >= 4 is 5.97 Å². The van der Waals surface area contributed by atoms with Crippen LogP contribution in [0.15, 0.2) is 60.7 Å². The van der Waals surface area contributed by atoms with E-state index in [0.717, 1.165) is 34.5 Å². The predicted octanol–water partition coefficient (Wildman–Crippen LogP) is 7.68. The average Bonchev–Trinajstić information content (AvgIpc) is 3.82. The quantitative estimate of drug-likeness (QED) is 0.272. The summed E-state index contributed by atoms with van der Waals surface area (Å²) in [6.45, 7) is 14.2. The van der Waals surface area contributed by atoms with Crippen LogP contribution in [0.3, 0.4) is 0 Å². The van der Waals surface area contributed by atoms with Crippen molar-refractivity contribution in [3.05, 3.63) is 77.4 Å². The lowest BCUT2D eigenvalue weighted by Gasteiger charge is -2.42. The van der Waals surface area contributed by atoms with Crippen LogP contribution in [0.1, 0.15) is 82.3 Å². The average molecular weight is 512 g/mol. The van der Waals surface area contributed by atoms with Crippen LogP contribution in [0.5, 0.6) is 5.75 Å². The van der Waals surface area contributed by atoms with Gasteiger partial charge in [0, 0.05) is 17.6 Å². The molecule has 3 aromatic carbocycles. The largest absolute Gasteiger partial charge is 0.493 e. The van der Waals surface area contributed by atoms with Crippen LogP contribution in [0.2, 0.25) is 0 Å². The van der Waals surface area contributed by atoms with Gasteiger partial charge in [-0.3, -0.25) is 0 Å². The van der Waals surface area contributed by atoms with E-state index in [1.54, 1.807) is 0 Å². The van der Waals surface area contributed by atoms with Gasteiger partial charge in [-0.25, -0.2) is 4.79 Å². The second-order valence-corrected chi connectivity index (χ2v) is 12.1. The molecule has 0 radical (unpaired) electrons. The summed E-state index contributed by atoms with van der Waals surface area (Å²) in [7, 11) is 0. The number of nitrogens with one attached hydrogen (secondary N) is 1. The Balaban J connectivity index is 0.000000658. The van der Waals surface area contributed by atoms with Crippen molar-refractivity contribution in [1.82, 2.24) is 5.32 Å². The zero-order chi connectivity index (χ0) is 27.1. The zero-order valence-electron chi connectivity index (χ0n) is 23.7. The van der Waals surface area contributed by atoms with Crippen molar-refractivity contribution in [2.75, 3.05) is 13.2 Å². The third-order valence-corrected chi connectivity index (χ3v) is 8.28. The smallest absolute Gasteiger partial charge is 0.338 e. The number of esters is 1. The van der Waals surface area contributed by atoms with E-state index in [0.29, 0.717) is 18.8 Å². The van der Waals surface area contributed by atoms with E-state index in [-0.39, 0.29) is 16.8 Å². The van der Waals surface area contributed by atoms with Crippen molar-refractivity contribution in [3.63, 3.8) is 0 Å². The zero-order valence-corrected chi connectivity index (χ0v) is 23.7. The van der Waals surface area contributed by atoms with Crippen molar-refractivity contribution in [2.24, 2.45) is 0 Å². The van der Waals surface area contributed by atoms with Gasteiger partial charge in [-0.1, -0.05) is 64.1 Å². The Bertz CT molecular complexity index is 1310. The molecule has 1 N–H and O–H groups in total. The molecule has 0 spiro atoms. The summed E-state index contributed by atoms with van der Waals surface area (Å²) in [5.74, 6) is 0.600. The van der Waals surface area contributed by atoms with Gasteiger partial charge in [0.1, 0.15) is 5.75 Å². The van der Waals surface area contributed by atoms with E-state index in [2.05, 4.69) is 69.4 Å². The van der Waals surface area contributed by atoms with Crippen LogP contribution in [0.25, 0.3) is 22.3 Å². The molecule has 38 heavy (non-hydrogen) atoms. The molecule has 3 aliphatic rings. The van der Waals surface area contributed by atoms with E-state index in [4.69, 9.17) is 9.47 Å². The fraction of sp³-hybridized carbons (Fsp3) is 0.441. The van der Waals surface area contributed by atoms with Gasteiger partial charge in [-0.15, -0.1) is 0 Å². The molecule has 2 aliphatic carbocycles. The number of carbonyl (C=O) groups excluding carboxylic acids is 1. The monoisotopic (exact) mass is 511 g/mol. The van der Waals surface area contributed by atoms with E-state index in [1.165, 1.54) is 36.0 Å². The minimum absolute atomic E-state index is 0.146. The van der Waals surface area contributed by atoms with Crippen molar-refractivity contribution in [1.29, 1.82) is 0 Å².